The minimum absolute atomic E-state index is 0.504. The Morgan fingerprint density at radius 2 is 2.62 bits per heavy atom. The molecule has 13 heavy (non-hydrogen) atoms. The van der Waals surface area contributed by atoms with Crippen molar-refractivity contribution < 1.29 is 0 Å². The third kappa shape index (κ3) is 2.18. The van der Waals surface area contributed by atoms with Crippen molar-refractivity contribution in [1.82, 2.24) is 20.3 Å². The first-order chi connectivity index (χ1) is 6.34. The molecule has 0 saturated carbocycles. The highest BCUT2D eigenvalue weighted by Crippen LogP contribution is 2.12. The van der Waals surface area contributed by atoms with Gasteiger partial charge in [0, 0.05) is 6.54 Å². The third-order valence-corrected chi connectivity index (χ3v) is 2.49. The molecule has 1 aliphatic heterocycles. The highest BCUT2D eigenvalue weighted by atomic mass is 15.4. The number of nitrogens with one attached hydrogen (secondary N) is 1. The van der Waals surface area contributed by atoms with Gasteiger partial charge in [-0.3, -0.25) is 4.68 Å². The molecule has 1 unspecified atom stereocenters. The molecule has 2 heterocycles. The van der Waals surface area contributed by atoms with Gasteiger partial charge in [-0.2, -0.15) is 0 Å². The van der Waals surface area contributed by atoms with Crippen molar-refractivity contribution >= 4 is 5.82 Å². The van der Waals surface area contributed by atoms with Gasteiger partial charge in [0.25, 0.3) is 0 Å². The minimum Gasteiger partial charge on any atom is -0.381 e. The fourth-order valence-corrected chi connectivity index (χ4v) is 1.70. The lowest BCUT2D eigenvalue weighted by molar-refractivity contribution is 0.451. The number of rotatable bonds is 3. The van der Waals surface area contributed by atoms with Crippen LogP contribution >= 0.6 is 0 Å². The Labute approximate surface area is 77.3 Å². The Kier molecular flexibility index (Phi) is 2.44. The van der Waals surface area contributed by atoms with E-state index in [1.54, 1.807) is 6.20 Å². The molecule has 0 spiro atoms. The van der Waals surface area contributed by atoms with E-state index < -0.39 is 0 Å². The molecule has 1 atom stereocenters. The molecule has 5 heteroatoms. The molecule has 0 radical (unpaired) electrons. The van der Waals surface area contributed by atoms with Gasteiger partial charge in [0.15, 0.2) is 5.82 Å². The SMILES string of the molecule is Nc1cn(CCC2CCNC2)nn1. The van der Waals surface area contributed by atoms with Crippen molar-refractivity contribution in [3.05, 3.63) is 6.20 Å². The minimum atomic E-state index is 0.504. The molecule has 2 rings (SSSR count). The summed E-state index contributed by atoms with van der Waals surface area (Å²) in [5.41, 5.74) is 5.46. The molecule has 1 saturated heterocycles. The largest absolute Gasteiger partial charge is 0.381 e. The Hall–Kier alpha value is -1.10. The molecule has 0 amide bonds. The Balaban J connectivity index is 1.78. The normalized spacial score (nSPS) is 22.3. The van der Waals surface area contributed by atoms with E-state index in [9.17, 15) is 0 Å². The molecule has 0 aromatic carbocycles. The fourth-order valence-electron chi connectivity index (χ4n) is 1.70. The van der Waals surface area contributed by atoms with E-state index in [1.807, 2.05) is 4.68 Å². The molecule has 0 bridgehead atoms. The molecular formula is C8H15N5. The Morgan fingerprint density at radius 3 is 3.23 bits per heavy atom. The van der Waals surface area contributed by atoms with E-state index >= 15 is 0 Å². The van der Waals surface area contributed by atoms with Crippen LogP contribution in [0.3, 0.4) is 0 Å². The fraction of sp³-hybridized carbons (Fsp3) is 0.750. The lowest BCUT2D eigenvalue weighted by Crippen LogP contribution is -2.11. The molecule has 1 fully saturated rings. The summed E-state index contributed by atoms with van der Waals surface area (Å²) >= 11 is 0. The van der Waals surface area contributed by atoms with Crippen LogP contribution in [0, 0.1) is 5.92 Å². The van der Waals surface area contributed by atoms with Crippen LogP contribution in [0.25, 0.3) is 0 Å². The van der Waals surface area contributed by atoms with Crippen molar-refractivity contribution in [2.24, 2.45) is 5.92 Å². The standard InChI is InChI=1S/C8H15N5/c9-8-6-13(12-11-8)4-2-7-1-3-10-5-7/h6-7,10H,1-5,9H2. The van der Waals surface area contributed by atoms with Gasteiger partial charge in [-0.15, -0.1) is 5.10 Å². The smallest absolute Gasteiger partial charge is 0.165 e. The van der Waals surface area contributed by atoms with Gasteiger partial charge in [-0.25, -0.2) is 0 Å². The molecule has 1 aromatic heterocycles. The van der Waals surface area contributed by atoms with Gasteiger partial charge in [0.05, 0.1) is 6.20 Å². The quantitative estimate of drug-likeness (QED) is 0.681. The van der Waals surface area contributed by atoms with Gasteiger partial charge >= 0.3 is 0 Å². The van der Waals surface area contributed by atoms with Crippen LogP contribution in [0.1, 0.15) is 12.8 Å². The molecule has 5 nitrogen and oxygen atoms in total. The van der Waals surface area contributed by atoms with Crippen molar-refractivity contribution in [3.63, 3.8) is 0 Å². The molecule has 1 aromatic rings. The van der Waals surface area contributed by atoms with Crippen molar-refractivity contribution in [3.8, 4) is 0 Å². The molecule has 3 N–H and O–H groups in total. The van der Waals surface area contributed by atoms with Crippen molar-refractivity contribution in [2.45, 2.75) is 19.4 Å². The first-order valence-electron chi connectivity index (χ1n) is 4.71. The van der Waals surface area contributed by atoms with Gasteiger partial charge in [0.2, 0.25) is 0 Å². The summed E-state index contributed by atoms with van der Waals surface area (Å²) in [6.07, 6.45) is 4.22. The maximum absolute atomic E-state index is 5.46. The summed E-state index contributed by atoms with van der Waals surface area (Å²) in [5, 5.41) is 11.0. The maximum Gasteiger partial charge on any atom is 0.165 e. The zero-order chi connectivity index (χ0) is 9.10. The lowest BCUT2D eigenvalue weighted by Gasteiger charge is -2.06. The summed E-state index contributed by atoms with van der Waals surface area (Å²) in [5.74, 6) is 1.30. The molecule has 0 aliphatic carbocycles. The van der Waals surface area contributed by atoms with E-state index in [0.717, 1.165) is 32.0 Å². The zero-order valence-electron chi connectivity index (χ0n) is 7.61. The predicted octanol–water partition coefficient (Wildman–Crippen LogP) is -0.140. The van der Waals surface area contributed by atoms with Crippen LogP contribution in [0.15, 0.2) is 6.20 Å². The van der Waals surface area contributed by atoms with Gasteiger partial charge in [-0.05, 0) is 31.8 Å². The summed E-state index contributed by atoms with van der Waals surface area (Å²) in [7, 11) is 0. The van der Waals surface area contributed by atoms with Gasteiger partial charge < -0.3 is 11.1 Å². The van der Waals surface area contributed by atoms with E-state index in [2.05, 4.69) is 15.6 Å². The topological polar surface area (TPSA) is 68.8 Å². The second-order valence-corrected chi connectivity index (χ2v) is 3.55. The number of hydrogen-bond acceptors (Lipinski definition) is 4. The van der Waals surface area contributed by atoms with E-state index in [-0.39, 0.29) is 0 Å². The number of nitrogens with zero attached hydrogens (tertiary/aromatic N) is 3. The Morgan fingerprint density at radius 1 is 1.69 bits per heavy atom. The van der Waals surface area contributed by atoms with E-state index in [1.165, 1.54) is 6.42 Å². The molecular weight excluding hydrogens is 166 g/mol. The zero-order valence-corrected chi connectivity index (χ0v) is 7.61. The number of anilines is 1. The second kappa shape index (κ2) is 3.74. The van der Waals surface area contributed by atoms with Crippen LogP contribution in [0.4, 0.5) is 5.82 Å². The highest BCUT2D eigenvalue weighted by Gasteiger charge is 2.13. The van der Waals surface area contributed by atoms with Gasteiger partial charge in [-0.1, -0.05) is 5.21 Å². The first kappa shape index (κ1) is 8.50. The van der Waals surface area contributed by atoms with Gasteiger partial charge in [0.1, 0.15) is 0 Å². The van der Waals surface area contributed by atoms with E-state index in [4.69, 9.17) is 5.73 Å². The number of nitrogens with two attached hydrogens (primary N) is 1. The molecule has 1 aliphatic rings. The average molecular weight is 181 g/mol. The third-order valence-electron chi connectivity index (χ3n) is 2.49. The lowest BCUT2D eigenvalue weighted by atomic mass is 10.1. The van der Waals surface area contributed by atoms with E-state index in [0.29, 0.717) is 5.82 Å². The number of hydrogen-bond donors (Lipinski definition) is 2. The van der Waals surface area contributed by atoms with Crippen LogP contribution in [0.2, 0.25) is 0 Å². The Bertz CT molecular complexity index is 263. The maximum atomic E-state index is 5.46. The predicted molar refractivity (Wildman–Crippen MR) is 50.0 cm³/mol. The first-order valence-corrected chi connectivity index (χ1v) is 4.71. The van der Waals surface area contributed by atoms with Crippen molar-refractivity contribution in [2.75, 3.05) is 18.8 Å². The van der Waals surface area contributed by atoms with Crippen LogP contribution in [-0.2, 0) is 6.54 Å². The number of aromatic nitrogens is 3. The van der Waals surface area contributed by atoms with Crippen LogP contribution in [0.5, 0.6) is 0 Å². The molecule has 72 valence electrons. The second-order valence-electron chi connectivity index (χ2n) is 3.55. The summed E-state index contributed by atoms with van der Waals surface area (Å²) in [6.45, 7) is 3.23. The summed E-state index contributed by atoms with van der Waals surface area (Å²) < 4.78 is 1.81. The summed E-state index contributed by atoms with van der Waals surface area (Å²) in [4.78, 5) is 0. The van der Waals surface area contributed by atoms with Crippen molar-refractivity contribution in [1.29, 1.82) is 0 Å². The van der Waals surface area contributed by atoms with Crippen LogP contribution in [-0.4, -0.2) is 28.1 Å². The number of aryl methyl sites for hydroxylation is 1. The summed E-state index contributed by atoms with van der Waals surface area (Å²) in [6, 6.07) is 0. The average Bonchev–Trinajstić information content (AvgIpc) is 2.71. The monoisotopic (exact) mass is 181 g/mol. The highest BCUT2D eigenvalue weighted by molar-refractivity contribution is 5.19. The number of nitrogen functional groups attached to an aromatic ring is 1. The van der Waals surface area contributed by atoms with Crippen LogP contribution < -0.4 is 11.1 Å².